The van der Waals surface area contributed by atoms with E-state index in [1.54, 1.807) is 73.7 Å². The molecule has 0 aliphatic carbocycles. The van der Waals surface area contributed by atoms with Crippen LogP contribution < -0.4 is 15.4 Å². The predicted octanol–water partition coefficient (Wildman–Crippen LogP) is 5.91. The average Bonchev–Trinajstić information content (AvgIpc) is 2.65. The third-order valence-corrected chi connectivity index (χ3v) is 6.05. The highest BCUT2D eigenvalue weighted by molar-refractivity contribution is 7.93. The monoisotopic (exact) mass is 465 g/mol. The number of halogens is 2. The second-order valence-corrected chi connectivity index (χ2v) is 9.08. The van der Waals surface area contributed by atoms with Gasteiger partial charge in [0.25, 0.3) is 10.0 Å². The lowest BCUT2D eigenvalue weighted by Gasteiger charge is -2.16. The van der Waals surface area contributed by atoms with Gasteiger partial charge in [-0.15, -0.1) is 0 Å². The van der Waals surface area contributed by atoms with E-state index >= 15 is 0 Å². The molecule has 150 valence electrons. The smallest absolute Gasteiger partial charge is 0.264 e. The molecule has 0 fully saturated rings. The number of anilines is 3. The second kappa shape index (κ2) is 9.00. The van der Waals surface area contributed by atoms with Crippen molar-refractivity contribution in [1.29, 1.82) is 0 Å². The lowest BCUT2D eigenvalue weighted by Crippen LogP contribution is -2.22. The molecule has 29 heavy (non-hydrogen) atoms. The Balaban J connectivity index is 1.87. The van der Waals surface area contributed by atoms with Gasteiger partial charge in [0, 0.05) is 10.7 Å². The summed E-state index contributed by atoms with van der Waals surface area (Å²) < 4.78 is 28.6. The molecular formula is C20H17Cl2N3O2S2. The van der Waals surface area contributed by atoms with Crippen molar-refractivity contribution in [2.75, 3.05) is 15.4 Å². The Bertz CT molecular complexity index is 1170. The summed E-state index contributed by atoms with van der Waals surface area (Å²) in [5.41, 5.74) is 2.08. The molecule has 3 aromatic carbocycles. The highest BCUT2D eigenvalue weighted by Crippen LogP contribution is 2.28. The lowest BCUT2D eigenvalue weighted by atomic mass is 10.2. The van der Waals surface area contributed by atoms with Gasteiger partial charge in [-0.3, -0.25) is 4.72 Å². The standard InChI is InChI=1S/C20H17Cl2N3O2S2/c1-13-9-10-18(24-20(28)23-15-6-4-5-14(21)12-15)19(11-13)29(26,27)25-17-8-3-2-7-16(17)22/h2-12,25H,1H3,(H2,23,24,28). The van der Waals surface area contributed by atoms with E-state index in [1.165, 1.54) is 0 Å². The topological polar surface area (TPSA) is 70.2 Å². The average molecular weight is 466 g/mol. The second-order valence-electron chi connectivity index (χ2n) is 6.17. The van der Waals surface area contributed by atoms with E-state index in [-0.39, 0.29) is 10.0 Å². The number of benzene rings is 3. The largest absolute Gasteiger partial charge is 0.332 e. The maximum atomic E-state index is 13.0. The number of thiocarbonyl (C=S) groups is 1. The van der Waals surface area contributed by atoms with Crippen LogP contribution in [-0.4, -0.2) is 13.5 Å². The summed E-state index contributed by atoms with van der Waals surface area (Å²) in [6, 6.07) is 18.7. The van der Waals surface area contributed by atoms with E-state index < -0.39 is 10.0 Å². The predicted molar refractivity (Wildman–Crippen MR) is 125 cm³/mol. The number of aryl methyl sites for hydroxylation is 1. The van der Waals surface area contributed by atoms with Gasteiger partial charge in [-0.25, -0.2) is 8.42 Å². The van der Waals surface area contributed by atoms with Crippen molar-refractivity contribution in [3.05, 3.63) is 82.3 Å². The molecular weight excluding hydrogens is 449 g/mol. The molecule has 0 bridgehead atoms. The lowest BCUT2D eigenvalue weighted by molar-refractivity contribution is 0.601. The summed E-state index contributed by atoms with van der Waals surface area (Å²) in [5.74, 6) is 0. The Morgan fingerprint density at radius 1 is 0.897 bits per heavy atom. The Morgan fingerprint density at radius 3 is 2.38 bits per heavy atom. The van der Waals surface area contributed by atoms with Crippen molar-refractivity contribution >= 4 is 67.6 Å². The number of hydrogen-bond donors (Lipinski definition) is 3. The highest BCUT2D eigenvalue weighted by Gasteiger charge is 2.21. The molecule has 3 rings (SSSR count). The quantitative estimate of drug-likeness (QED) is 0.408. The summed E-state index contributed by atoms with van der Waals surface area (Å²) in [7, 11) is -3.92. The molecule has 0 aliphatic rings. The Morgan fingerprint density at radius 2 is 1.66 bits per heavy atom. The normalized spacial score (nSPS) is 11.0. The van der Waals surface area contributed by atoms with Gasteiger partial charge in [-0.2, -0.15) is 0 Å². The minimum atomic E-state index is -3.92. The van der Waals surface area contributed by atoms with Gasteiger partial charge in [0.1, 0.15) is 4.90 Å². The molecule has 0 radical (unpaired) electrons. The maximum absolute atomic E-state index is 13.0. The van der Waals surface area contributed by atoms with E-state index in [0.717, 1.165) is 5.56 Å². The summed E-state index contributed by atoms with van der Waals surface area (Å²) in [6.07, 6.45) is 0. The Hall–Kier alpha value is -2.32. The van der Waals surface area contributed by atoms with Crippen LogP contribution in [0.4, 0.5) is 17.1 Å². The summed E-state index contributed by atoms with van der Waals surface area (Å²) >= 11 is 17.4. The van der Waals surface area contributed by atoms with E-state index in [2.05, 4.69) is 15.4 Å². The van der Waals surface area contributed by atoms with Crippen molar-refractivity contribution < 1.29 is 8.42 Å². The van der Waals surface area contributed by atoms with Crippen molar-refractivity contribution in [2.24, 2.45) is 0 Å². The zero-order valence-electron chi connectivity index (χ0n) is 15.2. The molecule has 0 unspecified atom stereocenters. The first kappa shape index (κ1) is 21.4. The molecule has 3 aromatic rings. The van der Waals surface area contributed by atoms with Crippen LogP contribution in [0.25, 0.3) is 0 Å². The number of nitrogens with one attached hydrogen (secondary N) is 3. The van der Waals surface area contributed by atoms with Crippen LogP contribution in [0.3, 0.4) is 0 Å². The molecule has 0 atom stereocenters. The summed E-state index contributed by atoms with van der Waals surface area (Å²) in [6.45, 7) is 1.81. The summed E-state index contributed by atoms with van der Waals surface area (Å²) in [5, 5.41) is 7.01. The van der Waals surface area contributed by atoms with Crippen LogP contribution in [0.5, 0.6) is 0 Å². The van der Waals surface area contributed by atoms with Crippen molar-refractivity contribution in [2.45, 2.75) is 11.8 Å². The molecule has 0 saturated heterocycles. The third kappa shape index (κ3) is 5.61. The molecule has 0 aliphatic heterocycles. The van der Waals surface area contributed by atoms with Gasteiger partial charge >= 0.3 is 0 Å². The van der Waals surface area contributed by atoms with Gasteiger partial charge in [0.2, 0.25) is 0 Å². The van der Waals surface area contributed by atoms with Crippen molar-refractivity contribution in [1.82, 2.24) is 0 Å². The zero-order valence-corrected chi connectivity index (χ0v) is 18.4. The van der Waals surface area contributed by atoms with E-state index in [4.69, 9.17) is 35.4 Å². The van der Waals surface area contributed by atoms with Gasteiger partial charge in [0.05, 0.1) is 16.4 Å². The SMILES string of the molecule is Cc1ccc(NC(=S)Nc2cccc(Cl)c2)c(S(=O)(=O)Nc2ccccc2Cl)c1. The fourth-order valence-electron chi connectivity index (χ4n) is 2.55. The first-order valence-corrected chi connectivity index (χ1v) is 11.1. The van der Waals surface area contributed by atoms with Gasteiger partial charge in [-0.05, 0) is 67.2 Å². The molecule has 0 aromatic heterocycles. The first-order valence-electron chi connectivity index (χ1n) is 8.46. The Kier molecular flexibility index (Phi) is 6.64. The van der Waals surface area contributed by atoms with Crippen LogP contribution in [0.1, 0.15) is 5.56 Å². The summed E-state index contributed by atoms with van der Waals surface area (Å²) in [4.78, 5) is 0.0488. The van der Waals surface area contributed by atoms with Gasteiger partial charge < -0.3 is 10.6 Å². The molecule has 3 N–H and O–H groups in total. The van der Waals surface area contributed by atoms with Crippen molar-refractivity contribution in [3.8, 4) is 0 Å². The number of hydrogen-bond acceptors (Lipinski definition) is 3. The first-order chi connectivity index (χ1) is 13.7. The van der Waals surface area contributed by atoms with E-state index in [1.807, 2.05) is 0 Å². The number of rotatable bonds is 5. The number of para-hydroxylation sites is 1. The third-order valence-electron chi connectivity index (χ3n) is 3.88. The minimum absolute atomic E-state index is 0.0488. The van der Waals surface area contributed by atoms with Crippen LogP contribution >= 0.6 is 35.4 Å². The molecule has 0 saturated carbocycles. The molecule has 0 amide bonds. The fraction of sp³-hybridized carbons (Fsp3) is 0.0500. The van der Waals surface area contributed by atoms with Crippen LogP contribution in [0.2, 0.25) is 10.0 Å². The Labute approximate surface area is 185 Å². The van der Waals surface area contributed by atoms with Crippen LogP contribution in [0, 0.1) is 6.92 Å². The fourth-order valence-corrected chi connectivity index (χ4v) is 4.53. The molecule has 0 spiro atoms. The highest BCUT2D eigenvalue weighted by atomic mass is 35.5. The zero-order chi connectivity index (χ0) is 21.0. The molecule has 5 nitrogen and oxygen atoms in total. The number of sulfonamides is 1. The van der Waals surface area contributed by atoms with Gasteiger partial charge in [0.15, 0.2) is 5.11 Å². The van der Waals surface area contributed by atoms with Crippen molar-refractivity contribution in [3.63, 3.8) is 0 Å². The van der Waals surface area contributed by atoms with Crippen LogP contribution in [-0.2, 0) is 10.0 Å². The van der Waals surface area contributed by atoms with Crippen LogP contribution in [0.15, 0.2) is 71.6 Å². The van der Waals surface area contributed by atoms with E-state index in [0.29, 0.717) is 27.1 Å². The van der Waals surface area contributed by atoms with E-state index in [9.17, 15) is 8.42 Å². The molecule has 0 heterocycles. The molecule has 9 heteroatoms. The maximum Gasteiger partial charge on any atom is 0.264 e. The van der Waals surface area contributed by atoms with Gasteiger partial charge in [-0.1, -0.05) is 47.5 Å². The minimum Gasteiger partial charge on any atom is -0.332 e.